The molecule has 36 heavy (non-hydrogen) atoms. The van der Waals surface area contributed by atoms with Gasteiger partial charge in [-0.05, 0) is 25.2 Å². The lowest BCUT2D eigenvalue weighted by atomic mass is 9.93. The smallest absolute Gasteiger partial charge is 0.379 e. The molecule has 0 aromatic heterocycles. The van der Waals surface area contributed by atoms with Crippen molar-refractivity contribution in [2.24, 2.45) is 5.41 Å². The molecule has 0 rings (SSSR count). The van der Waals surface area contributed by atoms with E-state index in [1.165, 1.54) is 96.3 Å². The van der Waals surface area contributed by atoms with Crippen LogP contribution in [0, 0.1) is 5.41 Å². The van der Waals surface area contributed by atoms with Crippen molar-refractivity contribution in [3.05, 3.63) is 0 Å². The van der Waals surface area contributed by atoms with Gasteiger partial charge in [0, 0.05) is 13.2 Å². The van der Waals surface area contributed by atoms with E-state index in [1.807, 2.05) is 6.92 Å². The fraction of sp³-hybridized carbons (Fsp3) is 1.00. The van der Waals surface area contributed by atoms with Gasteiger partial charge in [0.25, 0.3) is 0 Å². The largest absolute Gasteiger partial charge is 0.472 e. The summed E-state index contributed by atoms with van der Waals surface area (Å²) in [4.78, 5) is 9.87. The van der Waals surface area contributed by atoms with Crippen LogP contribution in [0.25, 0.3) is 0 Å². The van der Waals surface area contributed by atoms with E-state index in [2.05, 4.69) is 27.7 Å². The van der Waals surface area contributed by atoms with E-state index in [0.29, 0.717) is 26.2 Å². The minimum absolute atomic E-state index is 0.0178. The highest BCUT2D eigenvalue weighted by atomic mass is 31.2. The maximum atomic E-state index is 12.1. The van der Waals surface area contributed by atoms with Gasteiger partial charge >= 0.3 is 7.82 Å². The van der Waals surface area contributed by atoms with Crippen LogP contribution in [0.3, 0.4) is 0 Å². The molecular weight excluding hydrogens is 475 g/mol. The second kappa shape index (κ2) is 24.1. The van der Waals surface area contributed by atoms with Crippen molar-refractivity contribution in [1.82, 2.24) is 0 Å². The van der Waals surface area contributed by atoms with Crippen LogP contribution < -0.4 is 0 Å². The first-order valence-electron chi connectivity index (χ1n) is 15.0. The lowest BCUT2D eigenvalue weighted by Crippen LogP contribution is -2.26. The maximum Gasteiger partial charge on any atom is 0.472 e. The zero-order valence-corrected chi connectivity index (χ0v) is 25.5. The van der Waals surface area contributed by atoms with Gasteiger partial charge in [0.05, 0.1) is 19.8 Å². The lowest BCUT2D eigenvalue weighted by molar-refractivity contribution is -0.0394. The molecule has 6 nitrogen and oxygen atoms in total. The van der Waals surface area contributed by atoms with Crippen molar-refractivity contribution in [3.63, 3.8) is 0 Å². The van der Waals surface area contributed by atoms with Gasteiger partial charge in [-0.1, -0.05) is 124 Å². The van der Waals surface area contributed by atoms with Gasteiger partial charge in [0.15, 0.2) is 0 Å². The summed E-state index contributed by atoms with van der Waals surface area (Å²) in [5.41, 5.74) is 0.0361. The molecule has 0 saturated carbocycles. The minimum atomic E-state index is -4.07. The fourth-order valence-corrected chi connectivity index (χ4v) is 4.78. The van der Waals surface area contributed by atoms with Crippen LogP contribution in [-0.2, 0) is 23.1 Å². The summed E-state index contributed by atoms with van der Waals surface area (Å²) >= 11 is 0. The lowest BCUT2D eigenvalue weighted by Gasteiger charge is -2.21. The Morgan fingerprint density at radius 3 is 1.58 bits per heavy atom. The molecule has 7 heteroatoms. The third-order valence-electron chi connectivity index (χ3n) is 6.38. The van der Waals surface area contributed by atoms with Gasteiger partial charge in [-0.25, -0.2) is 4.57 Å². The number of unbranched alkanes of at least 4 members (excludes halogenated alkanes) is 15. The molecular formula is C29H61O6P. The van der Waals surface area contributed by atoms with Gasteiger partial charge in [-0.2, -0.15) is 0 Å². The average molecular weight is 537 g/mol. The second-order valence-corrected chi connectivity index (χ2v) is 12.8. The summed E-state index contributed by atoms with van der Waals surface area (Å²) < 4.78 is 33.6. The van der Waals surface area contributed by atoms with E-state index < -0.39 is 7.82 Å². The van der Waals surface area contributed by atoms with Crippen molar-refractivity contribution < 1.29 is 28.0 Å². The minimum Gasteiger partial charge on any atom is -0.379 e. The molecule has 0 saturated heterocycles. The number of rotatable bonds is 27. The molecule has 1 N–H and O–H groups in total. The van der Waals surface area contributed by atoms with Gasteiger partial charge in [0.1, 0.15) is 6.10 Å². The highest BCUT2D eigenvalue weighted by Gasteiger charge is 2.24. The van der Waals surface area contributed by atoms with Crippen LogP contribution in [-0.4, -0.2) is 44.0 Å². The summed E-state index contributed by atoms with van der Waals surface area (Å²) in [5.74, 6) is 0. The Balaban J connectivity index is 3.59. The first kappa shape index (κ1) is 36.0. The van der Waals surface area contributed by atoms with Crippen molar-refractivity contribution in [1.29, 1.82) is 0 Å². The van der Waals surface area contributed by atoms with Gasteiger partial charge in [-0.3, -0.25) is 9.05 Å². The monoisotopic (exact) mass is 536 g/mol. The molecule has 0 fully saturated rings. The molecule has 0 spiro atoms. The van der Waals surface area contributed by atoms with Gasteiger partial charge < -0.3 is 14.4 Å². The second-order valence-electron chi connectivity index (χ2n) is 11.4. The summed E-state index contributed by atoms with van der Waals surface area (Å²) in [6.45, 7) is 12.0. The van der Waals surface area contributed by atoms with E-state index in [0.717, 1.165) is 6.42 Å². The molecule has 2 atom stereocenters. The van der Waals surface area contributed by atoms with E-state index in [1.54, 1.807) is 0 Å². The van der Waals surface area contributed by atoms with Crippen LogP contribution in [0.1, 0.15) is 144 Å². The summed E-state index contributed by atoms with van der Waals surface area (Å²) in [6, 6.07) is 0. The Morgan fingerprint density at radius 2 is 1.14 bits per heavy atom. The zero-order valence-electron chi connectivity index (χ0n) is 24.6. The summed E-state index contributed by atoms with van der Waals surface area (Å²) in [7, 11) is -4.07. The SMILES string of the molecule is CCCCCCCCCCCCCCCCCCOC[C@H](COP(=O)(O)OCCC(C)(C)C)OCC. The number of hydrogen-bond acceptors (Lipinski definition) is 5. The van der Waals surface area contributed by atoms with Gasteiger partial charge in [0.2, 0.25) is 0 Å². The molecule has 0 bridgehead atoms. The Hall–Kier alpha value is 0.0300. The first-order valence-corrected chi connectivity index (χ1v) is 16.5. The molecule has 0 aliphatic carbocycles. The molecule has 0 heterocycles. The maximum absolute atomic E-state index is 12.1. The molecule has 0 aromatic rings. The highest BCUT2D eigenvalue weighted by molar-refractivity contribution is 7.47. The number of hydrogen-bond donors (Lipinski definition) is 1. The Kier molecular flexibility index (Phi) is 24.1. The van der Waals surface area contributed by atoms with Gasteiger partial charge in [-0.15, -0.1) is 0 Å². The third-order valence-corrected chi connectivity index (χ3v) is 7.36. The molecule has 0 aliphatic rings. The molecule has 0 aliphatic heterocycles. The fourth-order valence-electron chi connectivity index (χ4n) is 4.03. The van der Waals surface area contributed by atoms with Crippen LogP contribution in [0.15, 0.2) is 0 Å². The zero-order chi connectivity index (χ0) is 27.0. The molecule has 0 aromatic carbocycles. The van der Waals surface area contributed by atoms with E-state index >= 15 is 0 Å². The van der Waals surface area contributed by atoms with E-state index in [9.17, 15) is 9.46 Å². The first-order chi connectivity index (χ1) is 17.2. The Labute approximate surface area is 224 Å². The Bertz CT molecular complexity index is 508. The van der Waals surface area contributed by atoms with E-state index in [4.69, 9.17) is 18.5 Å². The highest BCUT2D eigenvalue weighted by Crippen LogP contribution is 2.44. The molecule has 0 radical (unpaired) electrons. The van der Waals surface area contributed by atoms with Crippen LogP contribution >= 0.6 is 7.82 Å². The van der Waals surface area contributed by atoms with Crippen molar-refractivity contribution in [2.75, 3.05) is 33.0 Å². The molecule has 0 amide bonds. The number of phosphoric acid groups is 1. The predicted octanol–water partition coefficient (Wildman–Crippen LogP) is 9.24. The van der Waals surface area contributed by atoms with Crippen LogP contribution in [0.2, 0.25) is 0 Å². The summed E-state index contributed by atoms with van der Waals surface area (Å²) in [5, 5.41) is 0. The topological polar surface area (TPSA) is 74.2 Å². The quantitative estimate of drug-likeness (QED) is 0.0833. The third kappa shape index (κ3) is 27.1. The van der Waals surface area contributed by atoms with Crippen molar-refractivity contribution in [2.45, 2.75) is 150 Å². The molecule has 218 valence electrons. The predicted molar refractivity (Wildman–Crippen MR) is 152 cm³/mol. The van der Waals surface area contributed by atoms with E-state index in [-0.39, 0.29) is 24.7 Å². The average Bonchev–Trinajstić information content (AvgIpc) is 2.80. The van der Waals surface area contributed by atoms with Crippen LogP contribution in [0.4, 0.5) is 0 Å². The van der Waals surface area contributed by atoms with Crippen LogP contribution in [0.5, 0.6) is 0 Å². The van der Waals surface area contributed by atoms with Crippen molar-refractivity contribution >= 4 is 7.82 Å². The number of phosphoric ester groups is 1. The molecule has 1 unspecified atom stereocenters. The Morgan fingerprint density at radius 1 is 0.667 bits per heavy atom. The van der Waals surface area contributed by atoms with Crippen molar-refractivity contribution in [3.8, 4) is 0 Å². The normalized spacial score (nSPS) is 14.7. The summed E-state index contributed by atoms with van der Waals surface area (Å²) in [6.07, 6.45) is 21.9. The number of ether oxygens (including phenoxy) is 2. The standard InChI is InChI=1S/C29H61O6P/c1-6-8-9-10-11-12-13-14-15-16-17-18-19-20-21-22-24-32-26-28(33-7-2)27-35-36(30,31)34-25-23-29(3,4)5/h28H,6-27H2,1-5H3,(H,30,31)/t28-/m1/s1.